The number of rotatable bonds is 3. The molecule has 0 N–H and O–H groups in total. The Bertz CT molecular complexity index is 450. The first kappa shape index (κ1) is 17.7. The quantitative estimate of drug-likeness (QED) is 0.701. The first-order valence-corrected chi connectivity index (χ1v) is 8.35. The first-order valence-electron chi connectivity index (χ1n) is 8.35. The van der Waals surface area contributed by atoms with E-state index in [-0.39, 0.29) is 23.6 Å². The number of amides is 3. The average Bonchev–Trinajstić information content (AvgIpc) is 2.54. The fourth-order valence-corrected chi connectivity index (χ4v) is 3.27. The molecule has 2 aliphatic heterocycles. The standard InChI is InChI=1S/C16H28N4O3/c1-13(21)19-8-10-20(11-9-19)15(22)12-18-6-4-14(5-7-18)16(23)17(2)3/h14H,4-12H2,1-3H3. The lowest BCUT2D eigenvalue weighted by molar-refractivity contribution is -0.140. The summed E-state index contributed by atoms with van der Waals surface area (Å²) in [5.74, 6) is 0.488. The van der Waals surface area contributed by atoms with Crippen molar-refractivity contribution in [1.29, 1.82) is 0 Å². The number of piperidine rings is 1. The summed E-state index contributed by atoms with van der Waals surface area (Å²) in [7, 11) is 3.58. The summed E-state index contributed by atoms with van der Waals surface area (Å²) < 4.78 is 0. The van der Waals surface area contributed by atoms with Crippen LogP contribution in [0.25, 0.3) is 0 Å². The van der Waals surface area contributed by atoms with Crippen LogP contribution in [0.15, 0.2) is 0 Å². The molecular formula is C16H28N4O3. The molecule has 2 rings (SSSR count). The highest BCUT2D eigenvalue weighted by molar-refractivity contribution is 5.80. The van der Waals surface area contributed by atoms with Gasteiger partial charge in [0.2, 0.25) is 17.7 Å². The van der Waals surface area contributed by atoms with Crippen LogP contribution in [0.1, 0.15) is 19.8 Å². The molecule has 0 aromatic heterocycles. The molecule has 7 nitrogen and oxygen atoms in total. The van der Waals surface area contributed by atoms with Crippen molar-refractivity contribution >= 4 is 17.7 Å². The highest BCUT2D eigenvalue weighted by Gasteiger charge is 2.28. The van der Waals surface area contributed by atoms with E-state index in [0.29, 0.717) is 32.7 Å². The fourth-order valence-electron chi connectivity index (χ4n) is 3.27. The van der Waals surface area contributed by atoms with Gasteiger partial charge in [-0.05, 0) is 25.9 Å². The van der Waals surface area contributed by atoms with Gasteiger partial charge in [-0.25, -0.2) is 0 Å². The molecule has 0 radical (unpaired) electrons. The fraction of sp³-hybridized carbons (Fsp3) is 0.812. The maximum absolute atomic E-state index is 12.4. The van der Waals surface area contributed by atoms with E-state index < -0.39 is 0 Å². The Morgan fingerprint density at radius 3 is 1.91 bits per heavy atom. The summed E-state index contributed by atoms with van der Waals surface area (Å²) in [5, 5.41) is 0. The van der Waals surface area contributed by atoms with Gasteiger partial charge in [-0.3, -0.25) is 19.3 Å². The average molecular weight is 324 g/mol. The molecule has 0 atom stereocenters. The van der Waals surface area contributed by atoms with Crippen molar-refractivity contribution in [2.45, 2.75) is 19.8 Å². The summed E-state index contributed by atoms with van der Waals surface area (Å²) in [6.07, 6.45) is 1.64. The van der Waals surface area contributed by atoms with Gasteiger partial charge in [0.25, 0.3) is 0 Å². The van der Waals surface area contributed by atoms with Crippen LogP contribution in [0, 0.1) is 5.92 Å². The minimum Gasteiger partial charge on any atom is -0.349 e. The lowest BCUT2D eigenvalue weighted by Gasteiger charge is -2.37. The van der Waals surface area contributed by atoms with Gasteiger partial charge < -0.3 is 14.7 Å². The Kier molecular flexibility index (Phi) is 5.98. The summed E-state index contributed by atoms with van der Waals surface area (Å²) in [6.45, 7) is 6.06. The van der Waals surface area contributed by atoms with Gasteiger partial charge in [0.15, 0.2) is 0 Å². The first-order chi connectivity index (χ1) is 10.9. The molecule has 0 bridgehead atoms. The number of hydrogen-bond acceptors (Lipinski definition) is 4. The molecule has 0 aliphatic carbocycles. The molecule has 23 heavy (non-hydrogen) atoms. The van der Waals surface area contributed by atoms with Gasteiger partial charge in [-0.15, -0.1) is 0 Å². The molecule has 2 saturated heterocycles. The molecule has 0 unspecified atom stereocenters. The van der Waals surface area contributed by atoms with Crippen LogP contribution in [0.2, 0.25) is 0 Å². The van der Waals surface area contributed by atoms with Crippen molar-refractivity contribution in [2.24, 2.45) is 5.92 Å². The maximum atomic E-state index is 12.4. The zero-order valence-electron chi connectivity index (χ0n) is 14.5. The molecule has 7 heteroatoms. The van der Waals surface area contributed by atoms with Crippen molar-refractivity contribution < 1.29 is 14.4 Å². The van der Waals surface area contributed by atoms with Crippen molar-refractivity contribution in [3.05, 3.63) is 0 Å². The predicted molar refractivity (Wildman–Crippen MR) is 86.7 cm³/mol. The number of carbonyl (C=O) groups excluding carboxylic acids is 3. The highest BCUT2D eigenvalue weighted by Crippen LogP contribution is 2.19. The van der Waals surface area contributed by atoms with Crippen LogP contribution >= 0.6 is 0 Å². The smallest absolute Gasteiger partial charge is 0.236 e. The van der Waals surface area contributed by atoms with E-state index in [1.165, 1.54) is 0 Å². The van der Waals surface area contributed by atoms with Crippen molar-refractivity contribution in [2.75, 3.05) is 59.9 Å². The monoisotopic (exact) mass is 324 g/mol. The van der Waals surface area contributed by atoms with Crippen LogP contribution in [0.5, 0.6) is 0 Å². The van der Waals surface area contributed by atoms with Gasteiger partial charge in [0.1, 0.15) is 0 Å². The minimum atomic E-state index is 0.0738. The predicted octanol–water partition coefficient (Wildman–Crippen LogP) is -0.523. The molecule has 0 spiro atoms. The van der Waals surface area contributed by atoms with Crippen LogP contribution < -0.4 is 0 Å². The van der Waals surface area contributed by atoms with Crippen molar-refractivity contribution in [3.63, 3.8) is 0 Å². The van der Waals surface area contributed by atoms with E-state index in [1.807, 2.05) is 4.90 Å². The zero-order valence-corrected chi connectivity index (χ0v) is 14.5. The van der Waals surface area contributed by atoms with E-state index in [2.05, 4.69) is 4.90 Å². The third-order valence-electron chi connectivity index (χ3n) is 4.81. The van der Waals surface area contributed by atoms with Gasteiger partial charge >= 0.3 is 0 Å². The summed E-state index contributed by atoms with van der Waals surface area (Å²) in [4.78, 5) is 43.1. The molecular weight excluding hydrogens is 296 g/mol. The van der Waals surface area contributed by atoms with E-state index in [0.717, 1.165) is 25.9 Å². The van der Waals surface area contributed by atoms with E-state index in [4.69, 9.17) is 0 Å². The highest BCUT2D eigenvalue weighted by atomic mass is 16.2. The van der Waals surface area contributed by atoms with Crippen molar-refractivity contribution in [3.8, 4) is 0 Å². The molecule has 2 aliphatic rings. The molecule has 2 heterocycles. The lowest BCUT2D eigenvalue weighted by Crippen LogP contribution is -2.53. The van der Waals surface area contributed by atoms with Crippen LogP contribution in [-0.2, 0) is 14.4 Å². The van der Waals surface area contributed by atoms with Gasteiger partial charge in [0.05, 0.1) is 6.54 Å². The minimum absolute atomic E-state index is 0.0738. The van der Waals surface area contributed by atoms with E-state index >= 15 is 0 Å². The summed E-state index contributed by atoms with van der Waals surface area (Å²) in [5.41, 5.74) is 0. The number of hydrogen-bond donors (Lipinski definition) is 0. The number of likely N-dealkylation sites (tertiary alicyclic amines) is 1. The van der Waals surface area contributed by atoms with Gasteiger partial charge in [-0.2, -0.15) is 0 Å². The second-order valence-corrected chi connectivity index (χ2v) is 6.67. The van der Waals surface area contributed by atoms with Crippen molar-refractivity contribution in [1.82, 2.24) is 19.6 Å². The largest absolute Gasteiger partial charge is 0.349 e. The summed E-state index contributed by atoms with van der Waals surface area (Å²) in [6, 6.07) is 0. The Morgan fingerprint density at radius 2 is 1.43 bits per heavy atom. The van der Waals surface area contributed by atoms with Gasteiger partial charge in [0, 0.05) is 53.1 Å². The Morgan fingerprint density at radius 1 is 0.913 bits per heavy atom. The Labute approximate surface area is 138 Å². The second kappa shape index (κ2) is 7.77. The third kappa shape index (κ3) is 4.67. The Balaban J connectivity index is 1.73. The van der Waals surface area contributed by atoms with Gasteiger partial charge in [-0.1, -0.05) is 0 Å². The SMILES string of the molecule is CC(=O)N1CCN(C(=O)CN2CCC(C(=O)N(C)C)CC2)CC1. The number of carbonyl (C=O) groups is 3. The zero-order chi connectivity index (χ0) is 17.0. The third-order valence-corrected chi connectivity index (χ3v) is 4.81. The number of nitrogens with zero attached hydrogens (tertiary/aromatic N) is 4. The molecule has 130 valence electrons. The maximum Gasteiger partial charge on any atom is 0.236 e. The topological polar surface area (TPSA) is 64.2 Å². The summed E-state index contributed by atoms with van der Waals surface area (Å²) >= 11 is 0. The molecule has 0 aromatic rings. The van der Waals surface area contributed by atoms with E-state index in [9.17, 15) is 14.4 Å². The van der Waals surface area contributed by atoms with Crippen LogP contribution in [0.4, 0.5) is 0 Å². The second-order valence-electron chi connectivity index (χ2n) is 6.67. The number of piperazine rings is 1. The molecule has 0 aromatic carbocycles. The Hall–Kier alpha value is -1.63. The molecule has 3 amide bonds. The van der Waals surface area contributed by atoms with Crippen LogP contribution in [0.3, 0.4) is 0 Å². The molecule has 2 fully saturated rings. The van der Waals surface area contributed by atoms with E-state index in [1.54, 1.807) is 30.8 Å². The van der Waals surface area contributed by atoms with Crippen LogP contribution in [-0.4, -0.2) is 97.2 Å². The molecule has 0 saturated carbocycles. The normalized spacial score (nSPS) is 20.5. The lowest BCUT2D eigenvalue weighted by atomic mass is 9.95.